The minimum atomic E-state index is 0.0874. The van der Waals surface area contributed by atoms with Gasteiger partial charge in [-0.3, -0.25) is 0 Å². The van der Waals surface area contributed by atoms with Crippen LogP contribution in [0.25, 0.3) is 0 Å². The summed E-state index contributed by atoms with van der Waals surface area (Å²) in [6, 6.07) is 0. The van der Waals surface area contributed by atoms with Crippen molar-refractivity contribution in [3.63, 3.8) is 0 Å². The summed E-state index contributed by atoms with van der Waals surface area (Å²) in [4.78, 5) is 0. The lowest BCUT2D eigenvalue weighted by Gasteiger charge is -2.29. The van der Waals surface area contributed by atoms with Crippen LogP contribution >= 0.6 is 23.2 Å². The smallest absolute Gasteiger partial charge is 0.0472 e. The van der Waals surface area contributed by atoms with Crippen molar-refractivity contribution in [1.29, 1.82) is 0 Å². The van der Waals surface area contributed by atoms with E-state index in [9.17, 15) is 0 Å². The SMILES string of the molecule is CCCCOCCC(CCl)(CCl)CCC. The number of halogens is 2. The fourth-order valence-electron chi connectivity index (χ4n) is 1.60. The summed E-state index contributed by atoms with van der Waals surface area (Å²) in [5, 5.41) is 0. The molecule has 0 unspecified atom stereocenters. The van der Waals surface area contributed by atoms with E-state index >= 15 is 0 Å². The van der Waals surface area contributed by atoms with Crippen molar-refractivity contribution < 1.29 is 4.74 Å². The Labute approximate surface area is 104 Å². The number of rotatable bonds is 10. The fourth-order valence-corrected chi connectivity index (χ4v) is 2.42. The molecule has 0 aromatic carbocycles. The summed E-state index contributed by atoms with van der Waals surface area (Å²) in [5.41, 5.74) is 0.0874. The van der Waals surface area contributed by atoms with E-state index in [1.54, 1.807) is 0 Å². The van der Waals surface area contributed by atoms with Crippen LogP contribution in [0.2, 0.25) is 0 Å². The third-order valence-corrected chi connectivity index (χ3v) is 3.90. The first kappa shape index (κ1) is 15.5. The molecule has 0 radical (unpaired) electrons. The second-order valence-electron chi connectivity index (χ2n) is 4.23. The van der Waals surface area contributed by atoms with Gasteiger partial charge in [-0.05, 0) is 24.7 Å². The van der Waals surface area contributed by atoms with E-state index in [2.05, 4.69) is 13.8 Å². The molecular formula is C12H24Cl2O. The van der Waals surface area contributed by atoms with Crippen LogP contribution < -0.4 is 0 Å². The van der Waals surface area contributed by atoms with E-state index in [0.717, 1.165) is 38.9 Å². The van der Waals surface area contributed by atoms with E-state index in [4.69, 9.17) is 27.9 Å². The van der Waals surface area contributed by atoms with Gasteiger partial charge in [0.15, 0.2) is 0 Å². The fraction of sp³-hybridized carbons (Fsp3) is 1.00. The van der Waals surface area contributed by atoms with Crippen LogP contribution in [0.5, 0.6) is 0 Å². The third-order valence-electron chi connectivity index (χ3n) is 2.77. The Morgan fingerprint density at radius 1 is 0.933 bits per heavy atom. The largest absolute Gasteiger partial charge is 0.381 e. The van der Waals surface area contributed by atoms with Gasteiger partial charge in [0, 0.05) is 25.0 Å². The summed E-state index contributed by atoms with van der Waals surface area (Å²) in [6.07, 6.45) is 5.54. The van der Waals surface area contributed by atoms with Gasteiger partial charge in [-0.25, -0.2) is 0 Å². The molecule has 0 heterocycles. The predicted molar refractivity (Wildman–Crippen MR) is 69.1 cm³/mol. The highest BCUT2D eigenvalue weighted by molar-refractivity contribution is 6.21. The maximum atomic E-state index is 6.00. The van der Waals surface area contributed by atoms with Gasteiger partial charge < -0.3 is 4.74 Å². The second kappa shape index (κ2) is 9.74. The minimum Gasteiger partial charge on any atom is -0.381 e. The zero-order valence-corrected chi connectivity index (χ0v) is 11.5. The maximum Gasteiger partial charge on any atom is 0.0472 e. The first-order valence-electron chi connectivity index (χ1n) is 5.94. The Bertz CT molecular complexity index is 136. The molecule has 1 nitrogen and oxygen atoms in total. The highest BCUT2D eigenvalue weighted by Gasteiger charge is 2.26. The highest BCUT2D eigenvalue weighted by atomic mass is 35.5. The van der Waals surface area contributed by atoms with E-state index in [-0.39, 0.29) is 5.41 Å². The van der Waals surface area contributed by atoms with Crippen LogP contribution in [0.1, 0.15) is 46.0 Å². The quantitative estimate of drug-likeness (QED) is 0.413. The summed E-state index contributed by atoms with van der Waals surface area (Å²) in [7, 11) is 0. The average molecular weight is 255 g/mol. The highest BCUT2D eigenvalue weighted by Crippen LogP contribution is 2.31. The molecule has 0 aliphatic rings. The number of alkyl halides is 2. The lowest BCUT2D eigenvalue weighted by molar-refractivity contribution is 0.101. The Balaban J connectivity index is 3.74. The van der Waals surface area contributed by atoms with Crippen molar-refractivity contribution in [2.75, 3.05) is 25.0 Å². The molecule has 0 saturated heterocycles. The molecule has 0 aliphatic carbocycles. The van der Waals surface area contributed by atoms with Gasteiger partial charge in [0.1, 0.15) is 0 Å². The van der Waals surface area contributed by atoms with Gasteiger partial charge in [-0.2, -0.15) is 0 Å². The molecule has 0 saturated carbocycles. The number of ether oxygens (including phenoxy) is 1. The van der Waals surface area contributed by atoms with Crippen LogP contribution in [-0.4, -0.2) is 25.0 Å². The van der Waals surface area contributed by atoms with Crippen molar-refractivity contribution in [3.8, 4) is 0 Å². The van der Waals surface area contributed by atoms with Crippen LogP contribution in [-0.2, 0) is 4.74 Å². The Kier molecular flexibility index (Phi) is 10.1. The monoisotopic (exact) mass is 254 g/mol. The van der Waals surface area contributed by atoms with E-state index in [1.807, 2.05) is 0 Å². The van der Waals surface area contributed by atoms with Crippen molar-refractivity contribution in [2.24, 2.45) is 5.41 Å². The van der Waals surface area contributed by atoms with Gasteiger partial charge in [0.2, 0.25) is 0 Å². The molecule has 0 rings (SSSR count). The molecular weight excluding hydrogens is 231 g/mol. The van der Waals surface area contributed by atoms with Crippen LogP contribution in [0, 0.1) is 5.41 Å². The standard InChI is InChI=1S/C12H24Cl2O/c1-3-5-8-15-9-7-12(10-13,11-14)6-4-2/h3-11H2,1-2H3. The lowest BCUT2D eigenvalue weighted by atomic mass is 9.84. The summed E-state index contributed by atoms with van der Waals surface area (Å²) in [5.74, 6) is 1.28. The van der Waals surface area contributed by atoms with Gasteiger partial charge >= 0.3 is 0 Å². The van der Waals surface area contributed by atoms with Crippen LogP contribution in [0.15, 0.2) is 0 Å². The van der Waals surface area contributed by atoms with Gasteiger partial charge in [0.25, 0.3) is 0 Å². The minimum absolute atomic E-state index is 0.0874. The maximum absolute atomic E-state index is 6.00. The summed E-state index contributed by atoms with van der Waals surface area (Å²) < 4.78 is 5.56. The number of hydrogen-bond acceptors (Lipinski definition) is 1. The zero-order chi connectivity index (χ0) is 11.6. The van der Waals surface area contributed by atoms with Crippen molar-refractivity contribution >= 4 is 23.2 Å². The molecule has 0 bridgehead atoms. The van der Waals surface area contributed by atoms with Crippen molar-refractivity contribution in [1.82, 2.24) is 0 Å². The second-order valence-corrected chi connectivity index (χ2v) is 4.77. The number of unbranched alkanes of at least 4 members (excludes halogenated alkanes) is 1. The molecule has 0 fully saturated rings. The third kappa shape index (κ3) is 6.65. The van der Waals surface area contributed by atoms with E-state index in [0.29, 0.717) is 11.8 Å². The summed E-state index contributed by atoms with van der Waals surface area (Å²) >= 11 is 12.0. The molecule has 0 spiro atoms. The molecule has 92 valence electrons. The summed E-state index contributed by atoms with van der Waals surface area (Å²) in [6.45, 7) is 6.00. The van der Waals surface area contributed by atoms with Crippen molar-refractivity contribution in [2.45, 2.75) is 46.0 Å². The Hall–Kier alpha value is 0.540. The average Bonchev–Trinajstić information content (AvgIpc) is 2.27. The first-order chi connectivity index (χ1) is 7.24. The lowest BCUT2D eigenvalue weighted by Crippen LogP contribution is -2.27. The molecule has 0 aromatic rings. The molecule has 0 aliphatic heterocycles. The molecule has 0 amide bonds. The zero-order valence-electron chi connectivity index (χ0n) is 10.0. The Morgan fingerprint density at radius 2 is 1.60 bits per heavy atom. The Morgan fingerprint density at radius 3 is 2.07 bits per heavy atom. The topological polar surface area (TPSA) is 9.23 Å². The van der Waals surface area contributed by atoms with Gasteiger partial charge in [-0.1, -0.05) is 26.7 Å². The van der Waals surface area contributed by atoms with E-state index < -0.39 is 0 Å². The first-order valence-corrected chi connectivity index (χ1v) is 7.01. The van der Waals surface area contributed by atoms with Crippen molar-refractivity contribution in [3.05, 3.63) is 0 Å². The van der Waals surface area contributed by atoms with Gasteiger partial charge in [0.05, 0.1) is 0 Å². The molecule has 0 N–H and O–H groups in total. The van der Waals surface area contributed by atoms with Crippen LogP contribution in [0.4, 0.5) is 0 Å². The van der Waals surface area contributed by atoms with Gasteiger partial charge in [-0.15, -0.1) is 23.2 Å². The van der Waals surface area contributed by atoms with E-state index in [1.165, 1.54) is 6.42 Å². The normalized spacial score (nSPS) is 12.0. The predicted octanol–water partition coefficient (Wildman–Crippen LogP) is 4.46. The number of hydrogen-bond donors (Lipinski definition) is 0. The molecule has 3 heteroatoms. The van der Waals surface area contributed by atoms with Crippen LogP contribution in [0.3, 0.4) is 0 Å². The molecule has 0 aromatic heterocycles. The molecule has 0 atom stereocenters. The molecule has 15 heavy (non-hydrogen) atoms.